The molecule has 3 rings (SSSR count). The molecule has 2 amide bonds. The highest BCUT2D eigenvalue weighted by Crippen LogP contribution is 2.23. The standard InChI is InChI=1S/C18H26ClN3O3S/c1-20(12-15-4-5-16(19)26-15)17(23)13-21-6-2-3-14(11-21)18(24)22-7-9-25-10-8-22/h4-5,14H,2-3,6-13H2,1H3. The second-order valence-corrected chi connectivity index (χ2v) is 8.77. The zero-order valence-corrected chi connectivity index (χ0v) is 16.7. The van der Waals surface area contributed by atoms with E-state index in [0.717, 1.165) is 28.6 Å². The maximum absolute atomic E-state index is 12.7. The Balaban J connectivity index is 1.49. The molecule has 2 fully saturated rings. The second kappa shape index (κ2) is 9.17. The predicted octanol–water partition coefficient (Wildman–Crippen LogP) is 1.93. The summed E-state index contributed by atoms with van der Waals surface area (Å²) in [5, 5.41) is 0. The van der Waals surface area contributed by atoms with Crippen LogP contribution in [0.25, 0.3) is 0 Å². The average molecular weight is 400 g/mol. The SMILES string of the molecule is CN(Cc1ccc(Cl)s1)C(=O)CN1CCCC(C(=O)N2CCOCC2)C1. The maximum Gasteiger partial charge on any atom is 0.236 e. The Labute approximate surface area is 163 Å². The van der Waals surface area contributed by atoms with Crippen molar-refractivity contribution in [3.8, 4) is 0 Å². The van der Waals surface area contributed by atoms with Gasteiger partial charge in [0.15, 0.2) is 0 Å². The summed E-state index contributed by atoms with van der Waals surface area (Å²) < 4.78 is 6.06. The van der Waals surface area contributed by atoms with Gasteiger partial charge in [0, 0.05) is 31.6 Å². The average Bonchev–Trinajstić information content (AvgIpc) is 3.06. The predicted molar refractivity (Wildman–Crippen MR) is 102 cm³/mol. The van der Waals surface area contributed by atoms with Gasteiger partial charge < -0.3 is 14.5 Å². The molecule has 144 valence electrons. The highest BCUT2D eigenvalue weighted by atomic mass is 35.5. The molecule has 0 spiro atoms. The number of likely N-dealkylation sites (tertiary alicyclic amines) is 1. The minimum absolute atomic E-state index is 0.00365. The Hall–Kier alpha value is -1.15. The van der Waals surface area contributed by atoms with Crippen molar-refractivity contribution in [3.63, 3.8) is 0 Å². The third kappa shape index (κ3) is 5.19. The fourth-order valence-electron chi connectivity index (χ4n) is 3.51. The fraction of sp³-hybridized carbons (Fsp3) is 0.667. The molecule has 1 aromatic heterocycles. The normalized spacial score (nSPS) is 21.6. The van der Waals surface area contributed by atoms with Crippen molar-refractivity contribution in [1.29, 1.82) is 0 Å². The van der Waals surface area contributed by atoms with Crippen LogP contribution in [0.1, 0.15) is 17.7 Å². The number of likely N-dealkylation sites (N-methyl/N-ethyl adjacent to an activating group) is 1. The molecule has 3 heterocycles. The molecular formula is C18H26ClN3O3S. The van der Waals surface area contributed by atoms with Gasteiger partial charge >= 0.3 is 0 Å². The van der Waals surface area contributed by atoms with E-state index in [9.17, 15) is 9.59 Å². The van der Waals surface area contributed by atoms with Crippen LogP contribution in [0, 0.1) is 5.92 Å². The number of amides is 2. The molecule has 0 bridgehead atoms. The van der Waals surface area contributed by atoms with Gasteiger partial charge in [-0.2, -0.15) is 0 Å². The number of rotatable bonds is 5. The molecule has 2 aliphatic rings. The van der Waals surface area contributed by atoms with Gasteiger partial charge in [0.25, 0.3) is 0 Å². The lowest BCUT2D eigenvalue weighted by Crippen LogP contribution is -2.50. The molecule has 0 N–H and O–H groups in total. The van der Waals surface area contributed by atoms with E-state index < -0.39 is 0 Å². The smallest absolute Gasteiger partial charge is 0.236 e. The number of nitrogens with zero attached hydrogens (tertiary/aromatic N) is 3. The van der Waals surface area contributed by atoms with Crippen molar-refractivity contribution in [2.24, 2.45) is 5.92 Å². The number of hydrogen-bond acceptors (Lipinski definition) is 5. The van der Waals surface area contributed by atoms with E-state index in [1.54, 1.807) is 4.90 Å². The molecule has 0 radical (unpaired) electrons. The van der Waals surface area contributed by atoms with E-state index in [2.05, 4.69) is 4.90 Å². The molecule has 6 nitrogen and oxygen atoms in total. The summed E-state index contributed by atoms with van der Waals surface area (Å²) in [6.45, 7) is 5.08. The lowest BCUT2D eigenvalue weighted by molar-refractivity contribution is -0.142. The Morgan fingerprint density at radius 3 is 2.77 bits per heavy atom. The monoisotopic (exact) mass is 399 g/mol. The van der Waals surface area contributed by atoms with E-state index in [1.165, 1.54) is 11.3 Å². The summed E-state index contributed by atoms with van der Waals surface area (Å²) >= 11 is 7.45. The van der Waals surface area contributed by atoms with E-state index >= 15 is 0 Å². The van der Waals surface area contributed by atoms with Gasteiger partial charge in [0.2, 0.25) is 11.8 Å². The number of morpholine rings is 1. The first-order chi connectivity index (χ1) is 12.5. The Kier molecular flexibility index (Phi) is 6.92. The highest BCUT2D eigenvalue weighted by molar-refractivity contribution is 7.16. The van der Waals surface area contributed by atoms with Gasteiger partial charge in [-0.3, -0.25) is 14.5 Å². The van der Waals surface area contributed by atoms with Gasteiger partial charge in [-0.05, 0) is 31.5 Å². The zero-order valence-electron chi connectivity index (χ0n) is 15.2. The van der Waals surface area contributed by atoms with Crippen LogP contribution < -0.4 is 0 Å². The molecule has 1 unspecified atom stereocenters. The summed E-state index contributed by atoms with van der Waals surface area (Å²) in [6, 6.07) is 3.81. The molecule has 2 aliphatic heterocycles. The molecule has 1 aromatic rings. The number of halogens is 1. The number of carbonyl (C=O) groups excluding carboxylic acids is 2. The number of hydrogen-bond donors (Lipinski definition) is 0. The van der Waals surface area contributed by atoms with Gasteiger partial charge in [0.05, 0.1) is 36.6 Å². The van der Waals surface area contributed by atoms with Gasteiger partial charge in [-0.25, -0.2) is 0 Å². The second-order valence-electron chi connectivity index (χ2n) is 6.97. The van der Waals surface area contributed by atoms with Crippen LogP contribution in [-0.2, 0) is 20.9 Å². The fourth-order valence-corrected chi connectivity index (χ4v) is 4.65. The quantitative estimate of drug-likeness (QED) is 0.759. The molecule has 0 saturated carbocycles. The lowest BCUT2D eigenvalue weighted by Gasteiger charge is -2.36. The summed E-state index contributed by atoms with van der Waals surface area (Å²) in [4.78, 5) is 32.1. The molecule has 2 saturated heterocycles. The van der Waals surface area contributed by atoms with Crippen molar-refractivity contribution in [3.05, 3.63) is 21.3 Å². The van der Waals surface area contributed by atoms with Gasteiger partial charge in [-0.15, -0.1) is 11.3 Å². The molecule has 0 aromatic carbocycles. The van der Waals surface area contributed by atoms with E-state index in [4.69, 9.17) is 16.3 Å². The summed E-state index contributed by atoms with van der Waals surface area (Å²) in [5.41, 5.74) is 0. The zero-order chi connectivity index (χ0) is 18.5. The van der Waals surface area contributed by atoms with Crippen LogP contribution in [0.15, 0.2) is 12.1 Å². The number of thiophene rings is 1. The number of carbonyl (C=O) groups is 2. The Morgan fingerprint density at radius 2 is 2.08 bits per heavy atom. The van der Waals surface area contributed by atoms with Crippen LogP contribution in [-0.4, -0.2) is 79.5 Å². The van der Waals surface area contributed by atoms with Crippen molar-refractivity contribution < 1.29 is 14.3 Å². The van der Waals surface area contributed by atoms with Crippen LogP contribution in [0.2, 0.25) is 4.34 Å². The molecule has 0 aliphatic carbocycles. The van der Waals surface area contributed by atoms with Crippen molar-refractivity contribution in [2.75, 3.05) is 53.0 Å². The van der Waals surface area contributed by atoms with Crippen molar-refractivity contribution in [2.45, 2.75) is 19.4 Å². The van der Waals surface area contributed by atoms with Crippen LogP contribution in [0.4, 0.5) is 0 Å². The third-order valence-corrected chi connectivity index (χ3v) is 6.20. The van der Waals surface area contributed by atoms with Crippen molar-refractivity contribution >= 4 is 34.8 Å². The number of piperidine rings is 1. The maximum atomic E-state index is 12.7. The van der Waals surface area contributed by atoms with Crippen LogP contribution in [0.3, 0.4) is 0 Å². The van der Waals surface area contributed by atoms with Crippen LogP contribution >= 0.6 is 22.9 Å². The van der Waals surface area contributed by atoms with E-state index in [1.807, 2.05) is 24.1 Å². The Bertz CT molecular complexity index is 633. The summed E-state index contributed by atoms with van der Waals surface area (Å²) in [7, 11) is 1.82. The van der Waals surface area contributed by atoms with E-state index in [-0.39, 0.29) is 17.7 Å². The molecular weight excluding hydrogens is 374 g/mol. The summed E-state index contributed by atoms with van der Waals surface area (Å²) in [6.07, 6.45) is 1.86. The minimum Gasteiger partial charge on any atom is -0.378 e. The number of ether oxygens (including phenoxy) is 1. The largest absolute Gasteiger partial charge is 0.378 e. The molecule has 1 atom stereocenters. The van der Waals surface area contributed by atoms with Gasteiger partial charge in [0.1, 0.15) is 0 Å². The first kappa shape index (κ1) is 19.6. The minimum atomic E-state index is -0.00365. The molecule has 8 heteroatoms. The highest BCUT2D eigenvalue weighted by Gasteiger charge is 2.31. The lowest BCUT2D eigenvalue weighted by atomic mass is 9.96. The topological polar surface area (TPSA) is 53.1 Å². The first-order valence-corrected chi connectivity index (χ1v) is 10.3. The van der Waals surface area contributed by atoms with Crippen LogP contribution in [0.5, 0.6) is 0 Å². The third-order valence-electron chi connectivity index (χ3n) is 4.98. The summed E-state index contributed by atoms with van der Waals surface area (Å²) in [5.74, 6) is 0.289. The van der Waals surface area contributed by atoms with E-state index in [0.29, 0.717) is 45.9 Å². The molecule has 26 heavy (non-hydrogen) atoms. The Morgan fingerprint density at radius 1 is 1.31 bits per heavy atom. The van der Waals surface area contributed by atoms with Crippen molar-refractivity contribution in [1.82, 2.24) is 14.7 Å². The first-order valence-electron chi connectivity index (χ1n) is 9.10. The van der Waals surface area contributed by atoms with Gasteiger partial charge in [-0.1, -0.05) is 11.6 Å².